The molecule has 0 saturated carbocycles. The van der Waals surface area contributed by atoms with E-state index in [1.165, 1.54) is 7.11 Å². The van der Waals surface area contributed by atoms with Gasteiger partial charge in [-0.05, 0) is 23.3 Å². The maximum atomic E-state index is 11.7. The number of hydrogen-bond acceptors (Lipinski definition) is 2. The summed E-state index contributed by atoms with van der Waals surface area (Å²) >= 11 is 6.04. The normalized spacial score (nSPS) is 16.7. The van der Waals surface area contributed by atoms with E-state index in [2.05, 4.69) is 9.53 Å². The molecule has 0 heterocycles. The quantitative estimate of drug-likeness (QED) is 0.360. The molecule has 5 heteroatoms. The van der Waals surface area contributed by atoms with Crippen molar-refractivity contribution < 1.29 is 14.3 Å². The molecule has 1 unspecified atom stereocenters. The van der Waals surface area contributed by atoms with Gasteiger partial charge in [0.15, 0.2) is 0 Å². The van der Waals surface area contributed by atoms with Crippen LogP contribution in [0.5, 0.6) is 0 Å². The Kier molecular flexibility index (Phi) is 3.95. The number of hydrogen-bond donors (Lipinski definition) is 0. The van der Waals surface area contributed by atoms with Crippen LogP contribution in [0.2, 0.25) is 0 Å². The highest BCUT2D eigenvalue weighted by Crippen LogP contribution is 2.29. The summed E-state index contributed by atoms with van der Waals surface area (Å²) in [6.45, 7) is 0. The molecule has 2 rings (SSSR count). The number of nitrogens with zero attached hydrogens (tertiary/aromatic N) is 2. The molecule has 1 aliphatic rings. The second kappa shape index (κ2) is 5.65. The summed E-state index contributed by atoms with van der Waals surface area (Å²) in [5.74, 6) is -1.24. The number of fused-ring (bicyclic) bond motifs is 1. The Labute approximate surface area is 115 Å². The first kappa shape index (κ1) is 13.3. The number of carbonyl (C=O) groups is 1. The first-order valence-corrected chi connectivity index (χ1v) is 5.99. The number of ether oxygens (including phenoxy) is 1. The molecule has 4 nitrogen and oxygen atoms in total. The first-order valence-electron chi connectivity index (χ1n) is 5.62. The molecule has 0 aromatic heterocycles. The van der Waals surface area contributed by atoms with Gasteiger partial charge in [-0.15, -0.1) is 0 Å². The third kappa shape index (κ3) is 2.65. The minimum Gasteiger partial charge on any atom is -0.460 e. The number of esters is 1. The summed E-state index contributed by atoms with van der Waals surface area (Å²) in [7, 11) is 1.24. The fourth-order valence-electron chi connectivity index (χ4n) is 1.98. The van der Waals surface area contributed by atoms with Gasteiger partial charge in [-0.3, -0.25) is 0 Å². The smallest absolute Gasteiger partial charge is 0.417 e. The molecular weight excluding hydrogens is 264 g/mol. The van der Waals surface area contributed by atoms with Gasteiger partial charge in [0.05, 0.1) is 7.11 Å². The molecule has 0 fully saturated rings. The number of carbonyl (C=O) groups excluding carboxylic acids is 1. The molecule has 0 N–H and O–H groups in total. The van der Waals surface area contributed by atoms with Crippen molar-refractivity contribution >= 4 is 29.4 Å². The third-order valence-electron chi connectivity index (χ3n) is 2.88. The molecular formula is C14H11ClN2O2. The molecule has 0 saturated heterocycles. The van der Waals surface area contributed by atoms with E-state index < -0.39 is 11.9 Å². The summed E-state index contributed by atoms with van der Waals surface area (Å²) < 4.78 is 4.63. The van der Waals surface area contributed by atoms with Crippen LogP contribution in [0.1, 0.15) is 17.0 Å². The second-order valence-corrected chi connectivity index (χ2v) is 4.40. The zero-order valence-corrected chi connectivity index (χ0v) is 11.0. The molecule has 0 radical (unpaired) electrons. The van der Waals surface area contributed by atoms with Crippen LogP contribution in [-0.2, 0) is 9.53 Å². The van der Waals surface area contributed by atoms with Crippen LogP contribution < -0.4 is 0 Å². The van der Waals surface area contributed by atoms with Gasteiger partial charge in [0, 0.05) is 5.03 Å². The maximum absolute atomic E-state index is 11.7. The maximum Gasteiger partial charge on any atom is 0.417 e. The van der Waals surface area contributed by atoms with E-state index in [0.29, 0.717) is 5.03 Å². The lowest BCUT2D eigenvalue weighted by atomic mass is 9.91. The van der Waals surface area contributed by atoms with Crippen LogP contribution in [0.15, 0.2) is 41.4 Å². The van der Waals surface area contributed by atoms with Crippen LogP contribution >= 0.6 is 11.6 Å². The van der Waals surface area contributed by atoms with Gasteiger partial charge in [-0.25, -0.2) is 4.79 Å². The van der Waals surface area contributed by atoms with Crippen molar-refractivity contribution in [1.82, 2.24) is 0 Å². The lowest BCUT2D eigenvalue weighted by Gasteiger charge is -2.10. The fourth-order valence-corrected chi connectivity index (χ4v) is 2.17. The van der Waals surface area contributed by atoms with Crippen molar-refractivity contribution in [3.05, 3.63) is 58.1 Å². The molecule has 1 atom stereocenters. The van der Waals surface area contributed by atoms with E-state index in [1.54, 1.807) is 12.2 Å². The number of allylic oxidation sites excluding steroid dienone is 3. The Bertz CT molecular complexity index is 628. The van der Waals surface area contributed by atoms with Crippen LogP contribution in [-0.4, -0.2) is 23.6 Å². The number of methoxy groups -OCH3 is 1. The van der Waals surface area contributed by atoms with E-state index in [0.717, 1.165) is 11.1 Å². The lowest BCUT2D eigenvalue weighted by molar-refractivity contribution is -0.137. The number of rotatable bonds is 2. The Morgan fingerprint density at radius 1 is 1.37 bits per heavy atom. The Morgan fingerprint density at radius 2 is 2.11 bits per heavy atom. The molecule has 1 aromatic rings. The van der Waals surface area contributed by atoms with Gasteiger partial charge in [0.1, 0.15) is 5.92 Å². The van der Waals surface area contributed by atoms with E-state index in [-0.39, 0.29) is 5.71 Å². The molecule has 0 aliphatic heterocycles. The summed E-state index contributed by atoms with van der Waals surface area (Å²) in [4.78, 5) is 14.7. The Morgan fingerprint density at radius 3 is 2.79 bits per heavy atom. The van der Waals surface area contributed by atoms with Crippen LogP contribution in [0.3, 0.4) is 0 Å². The molecule has 0 amide bonds. The van der Waals surface area contributed by atoms with E-state index >= 15 is 0 Å². The van der Waals surface area contributed by atoms with Crippen molar-refractivity contribution in [3.8, 4) is 0 Å². The lowest BCUT2D eigenvalue weighted by Crippen LogP contribution is -2.24. The zero-order valence-electron chi connectivity index (χ0n) is 10.2. The van der Waals surface area contributed by atoms with Crippen LogP contribution in [0.4, 0.5) is 0 Å². The first-order chi connectivity index (χ1) is 9.17. The summed E-state index contributed by atoms with van der Waals surface area (Å²) in [5, 5.41) is 0.464. The molecule has 0 spiro atoms. The topological polar surface area (TPSA) is 62.7 Å². The highest BCUT2D eigenvalue weighted by molar-refractivity contribution is 6.37. The highest BCUT2D eigenvalue weighted by atomic mass is 35.5. The minimum absolute atomic E-state index is 0.100. The zero-order chi connectivity index (χ0) is 13.8. The molecule has 19 heavy (non-hydrogen) atoms. The largest absolute Gasteiger partial charge is 0.460 e. The van der Waals surface area contributed by atoms with E-state index in [9.17, 15) is 4.79 Å². The van der Waals surface area contributed by atoms with E-state index in [1.807, 2.05) is 30.3 Å². The summed E-state index contributed by atoms with van der Waals surface area (Å²) in [5.41, 5.74) is 10.7. The number of halogens is 1. The van der Waals surface area contributed by atoms with Crippen molar-refractivity contribution in [1.29, 1.82) is 0 Å². The molecule has 1 aromatic carbocycles. The Balaban J connectivity index is 2.59. The van der Waals surface area contributed by atoms with Gasteiger partial charge in [-0.2, -0.15) is 4.79 Å². The predicted molar refractivity (Wildman–Crippen MR) is 72.8 cm³/mol. The molecule has 0 bridgehead atoms. The van der Waals surface area contributed by atoms with E-state index in [4.69, 9.17) is 17.1 Å². The van der Waals surface area contributed by atoms with Crippen molar-refractivity contribution in [3.63, 3.8) is 0 Å². The van der Waals surface area contributed by atoms with Gasteiger partial charge < -0.3 is 10.3 Å². The summed E-state index contributed by atoms with van der Waals surface area (Å²) in [6, 6.07) is 7.48. The van der Waals surface area contributed by atoms with Crippen LogP contribution in [0, 0.1) is 0 Å². The monoisotopic (exact) mass is 274 g/mol. The predicted octanol–water partition coefficient (Wildman–Crippen LogP) is 2.76. The minimum atomic E-state index is -0.690. The van der Waals surface area contributed by atoms with Gasteiger partial charge in [0.2, 0.25) is 0 Å². The van der Waals surface area contributed by atoms with Gasteiger partial charge in [-0.1, -0.05) is 41.9 Å². The second-order valence-electron chi connectivity index (χ2n) is 3.97. The van der Waals surface area contributed by atoms with Gasteiger partial charge >= 0.3 is 11.7 Å². The van der Waals surface area contributed by atoms with Crippen molar-refractivity contribution in [2.75, 3.05) is 7.11 Å². The average molecular weight is 275 g/mol. The fraction of sp³-hybridized carbons (Fsp3) is 0.143. The Hall–Kier alpha value is -2.16. The van der Waals surface area contributed by atoms with Crippen LogP contribution in [0.25, 0.3) is 11.6 Å². The highest BCUT2D eigenvalue weighted by Gasteiger charge is 2.33. The number of benzene rings is 1. The summed E-state index contributed by atoms with van der Waals surface area (Å²) in [6.07, 6.45) is 5.23. The average Bonchev–Trinajstić information content (AvgIpc) is 2.60. The standard InChI is InChI=1S/C14H11ClN2O2/c1-19-14(18)13(17-16)12-8-10(15)7-6-9-4-2-3-5-11(9)12/h2-8,12H,1H3. The SMILES string of the molecule is COC(=O)C(=[N+]=[N-])C1C=C(Cl)C=Cc2ccccc21. The third-order valence-corrected chi connectivity index (χ3v) is 3.13. The van der Waals surface area contributed by atoms with Crippen molar-refractivity contribution in [2.24, 2.45) is 0 Å². The molecule has 96 valence electrons. The van der Waals surface area contributed by atoms with Crippen molar-refractivity contribution in [2.45, 2.75) is 5.92 Å². The van der Waals surface area contributed by atoms with Gasteiger partial charge in [0.25, 0.3) is 0 Å². The molecule has 1 aliphatic carbocycles.